The van der Waals surface area contributed by atoms with Gasteiger partial charge in [0.05, 0.1) is 12.0 Å². The Morgan fingerprint density at radius 2 is 2.25 bits per heavy atom. The first-order valence-corrected chi connectivity index (χ1v) is 7.86. The number of carbonyl (C=O) groups is 1. The van der Waals surface area contributed by atoms with Crippen molar-refractivity contribution in [2.24, 2.45) is 5.41 Å². The van der Waals surface area contributed by atoms with Crippen molar-refractivity contribution < 1.29 is 9.53 Å². The number of amides is 1. The summed E-state index contributed by atoms with van der Waals surface area (Å²) >= 11 is 1.55. The van der Waals surface area contributed by atoms with Gasteiger partial charge in [0.2, 0.25) is 5.91 Å². The van der Waals surface area contributed by atoms with E-state index in [1.807, 2.05) is 6.20 Å². The molecule has 5 nitrogen and oxygen atoms in total. The molecule has 0 unspecified atom stereocenters. The molecule has 1 saturated heterocycles. The summed E-state index contributed by atoms with van der Waals surface area (Å²) in [5, 5.41) is 6.95. The van der Waals surface area contributed by atoms with Crippen LogP contribution in [0.1, 0.15) is 37.5 Å². The van der Waals surface area contributed by atoms with Crippen LogP contribution in [-0.4, -0.2) is 37.7 Å². The first-order chi connectivity index (χ1) is 9.57. The van der Waals surface area contributed by atoms with Gasteiger partial charge in [0, 0.05) is 18.2 Å². The number of methoxy groups -OCH3 is 1. The van der Waals surface area contributed by atoms with Gasteiger partial charge in [-0.15, -0.1) is 11.3 Å². The molecule has 0 bridgehead atoms. The number of hydrogen-bond acceptors (Lipinski definition) is 5. The normalized spacial score (nSPS) is 18.2. The van der Waals surface area contributed by atoms with E-state index in [9.17, 15) is 4.79 Å². The van der Waals surface area contributed by atoms with E-state index in [0.717, 1.165) is 25.9 Å². The lowest BCUT2D eigenvalue weighted by Gasteiger charge is -2.35. The minimum Gasteiger partial charge on any atom is -0.384 e. The maximum Gasteiger partial charge on any atom is 0.234 e. The number of ether oxygens (including phenoxy) is 1. The first-order valence-electron chi connectivity index (χ1n) is 7.04. The zero-order valence-corrected chi connectivity index (χ0v) is 13.2. The molecule has 2 rings (SSSR count). The predicted octanol–water partition coefficient (Wildman–Crippen LogP) is 2.22. The number of hydrogen-bond donors (Lipinski definition) is 2. The molecule has 0 spiro atoms. The van der Waals surface area contributed by atoms with Gasteiger partial charge in [0.15, 0.2) is 5.13 Å². The van der Waals surface area contributed by atoms with Crippen LogP contribution < -0.4 is 10.6 Å². The molecule has 2 N–H and O–H groups in total. The molecule has 1 amide bonds. The summed E-state index contributed by atoms with van der Waals surface area (Å²) in [6, 6.07) is 0. The van der Waals surface area contributed by atoms with E-state index >= 15 is 0 Å². The SMILES string of the molecule is COCC1(C(=O)Nc2ncc(C(C)C)s2)CCNCC1. The van der Waals surface area contributed by atoms with Crippen LogP contribution in [-0.2, 0) is 9.53 Å². The lowest BCUT2D eigenvalue weighted by atomic mass is 9.79. The summed E-state index contributed by atoms with van der Waals surface area (Å²) in [6.07, 6.45) is 3.44. The average molecular weight is 297 g/mol. The van der Waals surface area contributed by atoms with Gasteiger partial charge >= 0.3 is 0 Å². The van der Waals surface area contributed by atoms with Crippen LogP contribution in [0.3, 0.4) is 0 Å². The molecule has 6 heteroatoms. The van der Waals surface area contributed by atoms with Crippen LogP contribution >= 0.6 is 11.3 Å². The summed E-state index contributed by atoms with van der Waals surface area (Å²) in [5.41, 5.74) is -0.427. The van der Waals surface area contributed by atoms with Crippen molar-refractivity contribution in [3.05, 3.63) is 11.1 Å². The standard InChI is InChI=1S/C14H23N3O2S/c1-10(2)11-8-16-13(20-11)17-12(18)14(9-19-3)4-6-15-7-5-14/h8,10,15H,4-7,9H2,1-3H3,(H,16,17,18). The second kappa shape index (κ2) is 6.65. The van der Waals surface area contributed by atoms with E-state index in [1.54, 1.807) is 18.4 Å². The zero-order valence-electron chi connectivity index (χ0n) is 12.4. The van der Waals surface area contributed by atoms with E-state index in [2.05, 4.69) is 29.5 Å². The number of aromatic nitrogens is 1. The van der Waals surface area contributed by atoms with Gasteiger partial charge in [0.25, 0.3) is 0 Å². The predicted molar refractivity (Wildman–Crippen MR) is 81.2 cm³/mol. The van der Waals surface area contributed by atoms with Crippen LogP contribution in [0.15, 0.2) is 6.20 Å². The Hall–Kier alpha value is -0.980. The molecular weight excluding hydrogens is 274 g/mol. The molecule has 0 aliphatic carbocycles. The Kier molecular flexibility index (Phi) is 5.12. The Balaban J connectivity index is 2.07. The summed E-state index contributed by atoms with van der Waals surface area (Å²) in [4.78, 5) is 18.1. The topological polar surface area (TPSA) is 63.2 Å². The Labute approximate surface area is 124 Å². The Bertz CT molecular complexity index is 448. The van der Waals surface area contributed by atoms with Crippen molar-refractivity contribution in [3.63, 3.8) is 0 Å². The quantitative estimate of drug-likeness (QED) is 0.875. The van der Waals surface area contributed by atoms with Crippen molar-refractivity contribution in [2.75, 3.05) is 32.1 Å². The van der Waals surface area contributed by atoms with Crippen molar-refractivity contribution in [2.45, 2.75) is 32.6 Å². The fourth-order valence-corrected chi connectivity index (χ4v) is 3.27. The second-order valence-corrected chi connectivity index (χ2v) is 6.70. The number of thiazole rings is 1. The highest BCUT2D eigenvalue weighted by molar-refractivity contribution is 7.15. The van der Waals surface area contributed by atoms with Gasteiger partial charge in [-0.1, -0.05) is 13.8 Å². The summed E-state index contributed by atoms with van der Waals surface area (Å²) in [7, 11) is 1.65. The molecule has 1 aliphatic heterocycles. The molecule has 1 fully saturated rings. The third kappa shape index (κ3) is 3.37. The number of piperidine rings is 1. The molecule has 0 aromatic carbocycles. The number of nitrogens with one attached hydrogen (secondary N) is 2. The van der Waals surface area contributed by atoms with Crippen LogP contribution in [0, 0.1) is 5.41 Å². The van der Waals surface area contributed by atoms with Gasteiger partial charge in [-0.05, 0) is 31.8 Å². The highest BCUT2D eigenvalue weighted by Gasteiger charge is 2.40. The zero-order chi connectivity index (χ0) is 14.6. The Morgan fingerprint density at radius 3 is 2.80 bits per heavy atom. The minimum absolute atomic E-state index is 0.0329. The van der Waals surface area contributed by atoms with Gasteiger partial charge in [-0.3, -0.25) is 4.79 Å². The molecule has 0 saturated carbocycles. The van der Waals surface area contributed by atoms with E-state index in [1.165, 1.54) is 4.88 Å². The molecule has 2 heterocycles. The minimum atomic E-state index is -0.427. The highest BCUT2D eigenvalue weighted by atomic mass is 32.1. The van der Waals surface area contributed by atoms with Crippen molar-refractivity contribution in [3.8, 4) is 0 Å². The monoisotopic (exact) mass is 297 g/mol. The third-order valence-electron chi connectivity index (χ3n) is 3.78. The lowest BCUT2D eigenvalue weighted by Crippen LogP contribution is -2.47. The van der Waals surface area contributed by atoms with Crippen molar-refractivity contribution >= 4 is 22.4 Å². The molecular formula is C14H23N3O2S. The maximum atomic E-state index is 12.6. The lowest BCUT2D eigenvalue weighted by molar-refractivity contribution is -0.130. The average Bonchev–Trinajstić information content (AvgIpc) is 2.89. The van der Waals surface area contributed by atoms with E-state index in [0.29, 0.717) is 17.7 Å². The molecule has 0 atom stereocenters. The summed E-state index contributed by atoms with van der Waals surface area (Å²) < 4.78 is 5.28. The fraction of sp³-hybridized carbons (Fsp3) is 0.714. The molecule has 1 aromatic rings. The van der Waals surface area contributed by atoms with Crippen LogP contribution in [0.25, 0.3) is 0 Å². The van der Waals surface area contributed by atoms with E-state index < -0.39 is 5.41 Å². The molecule has 0 radical (unpaired) electrons. The van der Waals surface area contributed by atoms with Crippen LogP contribution in [0.2, 0.25) is 0 Å². The molecule has 1 aliphatic rings. The number of carbonyl (C=O) groups excluding carboxylic acids is 1. The second-order valence-electron chi connectivity index (χ2n) is 5.64. The van der Waals surface area contributed by atoms with Crippen LogP contribution in [0.5, 0.6) is 0 Å². The summed E-state index contributed by atoms with van der Waals surface area (Å²) in [6.45, 7) is 6.41. The van der Waals surface area contributed by atoms with Crippen molar-refractivity contribution in [1.82, 2.24) is 10.3 Å². The fourth-order valence-electron chi connectivity index (χ4n) is 2.46. The van der Waals surface area contributed by atoms with Gasteiger partial charge in [0.1, 0.15) is 0 Å². The van der Waals surface area contributed by atoms with Gasteiger partial charge in [-0.2, -0.15) is 0 Å². The number of nitrogens with zero attached hydrogens (tertiary/aromatic N) is 1. The largest absolute Gasteiger partial charge is 0.384 e. The van der Waals surface area contributed by atoms with E-state index in [-0.39, 0.29) is 5.91 Å². The third-order valence-corrected chi connectivity index (χ3v) is 4.99. The van der Waals surface area contributed by atoms with Gasteiger partial charge < -0.3 is 15.4 Å². The van der Waals surface area contributed by atoms with Crippen molar-refractivity contribution in [1.29, 1.82) is 0 Å². The molecule has 1 aromatic heterocycles. The number of rotatable bonds is 5. The number of anilines is 1. The van der Waals surface area contributed by atoms with Gasteiger partial charge in [-0.25, -0.2) is 4.98 Å². The smallest absolute Gasteiger partial charge is 0.234 e. The maximum absolute atomic E-state index is 12.6. The van der Waals surface area contributed by atoms with Crippen LogP contribution in [0.4, 0.5) is 5.13 Å². The first kappa shape index (κ1) is 15.4. The molecule has 20 heavy (non-hydrogen) atoms. The molecule has 112 valence electrons. The Morgan fingerprint density at radius 1 is 1.55 bits per heavy atom. The van der Waals surface area contributed by atoms with E-state index in [4.69, 9.17) is 4.74 Å². The highest BCUT2D eigenvalue weighted by Crippen LogP contribution is 2.32. The summed E-state index contributed by atoms with van der Waals surface area (Å²) in [5.74, 6) is 0.468.